The molecule has 0 bridgehead atoms. The van der Waals surface area contributed by atoms with E-state index in [9.17, 15) is 9.59 Å². The third-order valence-corrected chi connectivity index (χ3v) is 2.27. The molecule has 98 valence electrons. The van der Waals surface area contributed by atoms with Crippen LogP contribution in [0, 0.1) is 0 Å². The highest BCUT2D eigenvalue weighted by atomic mass is 16.2. The zero-order chi connectivity index (χ0) is 13.5. The molecule has 2 amide bonds. The zero-order valence-electron chi connectivity index (χ0n) is 10.7. The van der Waals surface area contributed by atoms with Crippen LogP contribution in [0.3, 0.4) is 0 Å². The lowest BCUT2D eigenvalue weighted by atomic mass is 10.3. The van der Waals surface area contributed by atoms with E-state index in [1.54, 1.807) is 26.2 Å². The Morgan fingerprint density at radius 1 is 1.28 bits per heavy atom. The van der Waals surface area contributed by atoms with Crippen molar-refractivity contribution in [1.82, 2.24) is 20.4 Å². The third-order valence-electron chi connectivity index (χ3n) is 2.27. The number of rotatable bonds is 5. The molecule has 0 fully saturated rings. The Bertz CT molecular complexity index is 416. The van der Waals surface area contributed by atoms with Crippen LogP contribution >= 0.6 is 0 Å². The highest BCUT2D eigenvalue weighted by molar-refractivity contribution is 5.91. The van der Waals surface area contributed by atoms with Crippen molar-refractivity contribution in [2.45, 2.75) is 6.42 Å². The molecule has 0 aliphatic rings. The van der Waals surface area contributed by atoms with Crippen molar-refractivity contribution in [3.63, 3.8) is 0 Å². The van der Waals surface area contributed by atoms with Gasteiger partial charge in [0.1, 0.15) is 5.82 Å². The lowest BCUT2D eigenvalue weighted by Crippen LogP contribution is -2.24. The van der Waals surface area contributed by atoms with Gasteiger partial charge in [-0.1, -0.05) is 0 Å². The van der Waals surface area contributed by atoms with Crippen molar-refractivity contribution in [1.29, 1.82) is 0 Å². The van der Waals surface area contributed by atoms with Gasteiger partial charge in [-0.05, 0) is 12.1 Å². The van der Waals surface area contributed by atoms with Gasteiger partial charge in [0.25, 0.3) is 5.91 Å². The van der Waals surface area contributed by atoms with Crippen LogP contribution in [-0.2, 0) is 4.79 Å². The van der Waals surface area contributed by atoms with E-state index >= 15 is 0 Å². The summed E-state index contributed by atoms with van der Waals surface area (Å²) in [4.78, 5) is 24.1. The molecule has 0 aliphatic carbocycles. The van der Waals surface area contributed by atoms with Crippen LogP contribution in [-0.4, -0.2) is 54.6 Å². The quantitative estimate of drug-likeness (QED) is 0.752. The van der Waals surface area contributed by atoms with Crippen LogP contribution < -0.4 is 10.6 Å². The van der Waals surface area contributed by atoms with Gasteiger partial charge in [-0.25, -0.2) is 0 Å². The Morgan fingerprint density at radius 3 is 2.50 bits per heavy atom. The summed E-state index contributed by atoms with van der Waals surface area (Å²) in [5, 5.41) is 13.0. The average molecular weight is 251 g/mol. The number of carbonyl (C=O) groups is 2. The van der Waals surface area contributed by atoms with Gasteiger partial charge >= 0.3 is 0 Å². The first kappa shape index (κ1) is 13.9. The molecule has 1 rings (SSSR count). The molecule has 0 radical (unpaired) electrons. The van der Waals surface area contributed by atoms with Crippen LogP contribution in [0.5, 0.6) is 0 Å². The second kappa shape index (κ2) is 6.53. The Hall–Kier alpha value is -2.18. The van der Waals surface area contributed by atoms with Crippen molar-refractivity contribution < 1.29 is 9.59 Å². The van der Waals surface area contributed by atoms with E-state index in [0.29, 0.717) is 18.8 Å². The summed E-state index contributed by atoms with van der Waals surface area (Å²) in [5.41, 5.74) is 0.257. The smallest absolute Gasteiger partial charge is 0.271 e. The predicted molar refractivity (Wildman–Crippen MR) is 67.2 cm³/mol. The summed E-state index contributed by atoms with van der Waals surface area (Å²) in [6, 6.07) is 3.22. The number of amides is 2. The lowest BCUT2D eigenvalue weighted by molar-refractivity contribution is -0.128. The largest absolute Gasteiger partial charge is 0.368 e. The van der Waals surface area contributed by atoms with Gasteiger partial charge in [0.2, 0.25) is 5.91 Å². The Balaban J connectivity index is 2.45. The average Bonchev–Trinajstić information content (AvgIpc) is 2.38. The number of aromatic nitrogens is 2. The number of nitrogens with one attached hydrogen (secondary N) is 2. The van der Waals surface area contributed by atoms with Gasteiger partial charge in [0.15, 0.2) is 5.69 Å². The molecular formula is C11H17N5O2. The molecule has 1 aromatic heterocycles. The highest BCUT2D eigenvalue weighted by Crippen LogP contribution is 2.02. The van der Waals surface area contributed by atoms with Crippen LogP contribution in [0.2, 0.25) is 0 Å². The Morgan fingerprint density at radius 2 is 2.00 bits per heavy atom. The molecule has 7 heteroatoms. The molecular weight excluding hydrogens is 234 g/mol. The monoisotopic (exact) mass is 251 g/mol. The van der Waals surface area contributed by atoms with Gasteiger partial charge in [-0.3, -0.25) is 9.59 Å². The summed E-state index contributed by atoms with van der Waals surface area (Å²) in [6.45, 7) is 0.477. The minimum atomic E-state index is -0.281. The van der Waals surface area contributed by atoms with Crippen molar-refractivity contribution in [3.05, 3.63) is 17.8 Å². The maximum absolute atomic E-state index is 11.3. The highest BCUT2D eigenvalue weighted by Gasteiger charge is 2.06. The fraction of sp³-hybridized carbons (Fsp3) is 0.455. The molecule has 2 N–H and O–H groups in total. The van der Waals surface area contributed by atoms with Gasteiger partial charge in [0, 0.05) is 34.1 Å². The molecule has 0 aliphatic heterocycles. The second-order valence-corrected chi connectivity index (χ2v) is 3.85. The standard InChI is InChI=1S/C11H17N5O2/c1-12-11(18)8-4-5-9(15-14-8)13-7-6-10(17)16(2)3/h4-5H,6-7H2,1-3H3,(H,12,18)(H,13,15). The molecule has 18 heavy (non-hydrogen) atoms. The third kappa shape index (κ3) is 4.00. The van der Waals surface area contributed by atoms with Crippen molar-refractivity contribution in [3.8, 4) is 0 Å². The predicted octanol–water partition coefficient (Wildman–Crippen LogP) is -0.274. The summed E-state index contributed by atoms with van der Waals surface area (Å²) >= 11 is 0. The maximum atomic E-state index is 11.3. The van der Waals surface area contributed by atoms with Gasteiger partial charge in [-0.2, -0.15) is 0 Å². The topological polar surface area (TPSA) is 87.2 Å². The Labute approximate surface area is 106 Å². The number of anilines is 1. The normalized spacial score (nSPS) is 9.72. The first-order chi connectivity index (χ1) is 8.54. The Kier molecular flexibility index (Phi) is 5.04. The van der Waals surface area contributed by atoms with E-state index in [-0.39, 0.29) is 17.5 Å². The zero-order valence-corrected chi connectivity index (χ0v) is 10.7. The summed E-state index contributed by atoms with van der Waals surface area (Å²) in [6.07, 6.45) is 0.381. The molecule has 7 nitrogen and oxygen atoms in total. The molecule has 1 heterocycles. The first-order valence-electron chi connectivity index (χ1n) is 5.54. The van der Waals surface area contributed by atoms with Crippen molar-refractivity contribution in [2.75, 3.05) is 33.0 Å². The maximum Gasteiger partial charge on any atom is 0.271 e. The minimum absolute atomic E-state index is 0.0393. The van der Waals surface area contributed by atoms with Gasteiger partial charge in [0.05, 0.1) is 0 Å². The molecule has 0 atom stereocenters. The number of carbonyl (C=O) groups excluding carboxylic acids is 2. The van der Waals surface area contributed by atoms with Crippen molar-refractivity contribution in [2.24, 2.45) is 0 Å². The SMILES string of the molecule is CNC(=O)c1ccc(NCCC(=O)N(C)C)nn1. The van der Waals surface area contributed by atoms with Crippen LogP contribution in [0.15, 0.2) is 12.1 Å². The van der Waals surface area contributed by atoms with Crippen LogP contribution in [0.25, 0.3) is 0 Å². The number of hydrogen-bond acceptors (Lipinski definition) is 5. The van der Waals surface area contributed by atoms with E-state index in [1.165, 1.54) is 11.9 Å². The molecule has 0 spiro atoms. The van der Waals surface area contributed by atoms with E-state index < -0.39 is 0 Å². The molecule has 0 unspecified atom stereocenters. The van der Waals surface area contributed by atoms with Crippen LogP contribution in [0.1, 0.15) is 16.9 Å². The number of nitrogens with zero attached hydrogens (tertiary/aromatic N) is 3. The van der Waals surface area contributed by atoms with E-state index in [4.69, 9.17) is 0 Å². The van der Waals surface area contributed by atoms with E-state index in [1.807, 2.05) is 0 Å². The van der Waals surface area contributed by atoms with Crippen molar-refractivity contribution >= 4 is 17.6 Å². The van der Waals surface area contributed by atoms with E-state index in [2.05, 4.69) is 20.8 Å². The van der Waals surface area contributed by atoms with Gasteiger partial charge < -0.3 is 15.5 Å². The minimum Gasteiger partial charge on any atom is -0.368 e. The summed E-state index contributed by atoms with van der Waals surface area (Å²) < 4.78 is 0. The second-order valence-electron chi connectivity index (χ2n) is 3.85. The fourth-order valence-electron chi connectivity index (χ4n) is 1.20. The molecule has 0 saturated heterocycles. The summed E-state index contributed by atoms with van der Waals surface area (Å²) in [7, 11) is 4.95. The van der Waals surface area contributed by atoms with E-state index in [0.717, 1.165) is 0 Å². The fourth-order valence-corrected chi connectivity index (χ4v) is 1.20. The molecule has 0 saturated carbocycles. The van der Waals surface area contributed by atoms with Crippen LogP contribution in [0.4, 0.5) is 5.82 Å². The summed E-state index contributed by atoms with van der Waals surface area (Å²) in [5.74, 6) is 0.295. The molecule has 0 aromatic carbocycles. The first-order valence-corrected chi connectivity index (χ1v) is 5.54. The molecule has 1 aromatic rings. The lowest BCUT2D eigenvalue weighted by Gasteiger charge is -2.10. The number of hydrogen-bond donors (Lipinski definition) is 2. The van der Waals surface area contributed by atoms with Gasteiger partial charge in [-0.15, -0.1) is 10.2 Å².